The molecule has 0 aromatic heterocycles. The molecule has 0 unspecified atom stereocenters. The van der Waals surface area contributed by atoms with Crippen LogP contribution in [-0.2, 0) is 0 Å². The molecule has 0 aliphatic heterocycles. The molecule has 3 nitrogen and oxygen atoms in total. The fraction of sp³-hybridized carbons (Fsp3) is 0.300. The van der Waals surface area contributed by atoms with Gasteiger partial charge < -0.3 is 15.8 Å². The first kappa shape index (κ1) is 10.8. The van der Waals surface area contributed by atoms with Gasteiger partial charge in [0.05, 0.1) is 6.61 Å². The summed E-state index contributed by atoms with van der Waals surface area (Å²) in [6.45, 7) is 2.81. The molecule has 1 aromatic carbocycles. The molecule has 0 saturated heterocycles. The van der Waals surface area contributed by atoms with Crippen LogP contribution in [0.5, 0.6) is 5.75 Å². The molecule has 0 heterocycles. The summed E-state index contributed by atoms with van der Waals surface area (Å²) in [5.74, 6) is 0.861. The predicted molar refractivity (Wildman–Crippen MR) is 62.6 cm³/mol. The van der Waals surface area contributed by atoms with E-state index in [2.05, 4.69) is 12.2 Å². The smallest absolute Gasteiger partial charge is 0.168 e. The quantitative estimate of drug-likeness (QED) is 0.747. The number of benzene rings is 1. The van der Waals surface area contributed by atoms with Crippen molar-refractivity contribution in [2.24, 2.45) is 5.73 Å². The van der Waals surface area contributed by atoms with Crippen molar-refractivity contribution in [1.82, 2.24) is 0 Å². The summed E-state index contributed by atoms with van der Waals surface area (Å²) in [4.78, 5) is 0. The van der Waals surface area contributed by atoms with Gasteiger partial charge in [-0.3, -0.25) is 0 Å². The lowest BCUT2D eigenvalue weighted by molar-refractivity contribution is 0.317. The van der Waals surface area contributed by atoms with E-state index >= 15 is 0 Å². The lowest BCUT2D eigenvalue weighted by atomic mass is 10.3. The third kappa shape index (κ3) is 3.62. The van der Waals surface area contributed by atoms with E-state index in [1.165, 1.54) is 0 Å². The fourth-order valence-corrected chi connectivity index (χ4v) is 1.11. The lowest BCUT2D eigenvalue weighted by Crippen LogP contribution is -2.18. The van der Waals surface area contributed by atoms with Crippen LogP contribution < -0.4 is 15.8 Å². The first-order chi connectivity index (χ1) is 6.72. The van der Waals surface area contributed by atoms with Crippen LogP contribution in [0.1, 0.15) is 13.3 Å². The van der Waals surface area contributed by atoms with Crippen molar-refractivity contribution in [3.8, 4) is 5.75 Å². The van der Waals surface area contributed by atoms with Gasteiger partial charge in [0.2, 0.25) is 0 Å². The van der Waals surface area contributed by atoms with Crippen molar-refractivity contribution < 1.29 is 4.74 Å². The highest BCUT2D eigenvalue weighted by molar-refractivity contribution is 7.80. The molecule has 1 aromatic rings. The Morgan fingerprint density at radius 3 is 2.57 bits per heavy atom. The zero-order valence-corrected chi connectivity index (χ0v) is 8.93. The van der Waals surface area contributed by atoms with Crippen LogP contribution in [0.3, 0.4) is 0 Å². The number of nitrogens with one attached hydrogen (secondary N) is 1. The number of ether oxygens (including phenoxy) is 1. The van der Waals surface area contributed by atoms with E-state index in [0.717, 1.165) is 24.5 Å². The van der Waals surface area contributed by atoms with Gasteiger partial charge in [0.15, 0.2) is 5.11 Å². The number of nitrogens with two attached hydrogens (primary N) is 1. The molecule has 3 N–H and O–H groups in total. The molecule has 0 spiro atoms. The van der Waals surface area contributed by atoms with Gasteiger partial charge in [-0.1, -0.05) is 6.92 Å². The predicted octanol–water partition coefficient (Wildman–Crippen LogP) is 2.13. The summed E-state index contributed by atoms with van der Waals surface area (Å²) in [6.07, 6.45) is 1.01. The topological polar surface area (TPSA) is 47.3 Å². The number of hydrogen-bond donors (Lipinski definition) is 2. The summed E-state index contributed by atoms with van der Waals surface area (Å²) in [5.41, 5.74) is 6.21. The zero-order valence-electron chi connectivity index (χ0n) is 8.12. The standard InChI is InChI=1S/C10H14N2OS/c1-2-7-13-9-5-3-8(4-6-9)12-10(11)14/h3-6H,2,7H2,1H3,(H3,11,12,14). The Hall–Kier alpha value is -1.29. The van der Waals surface area contributed by atoms with Gasteiger partial charge in [0, 0.05) is 5.69 Å². The van der Waals surface area contributed by atoms with Crippen molar-refractivity contribution in [1.29, 1.82) is 0 Å². The first-order valence-corrected chi connectivity index (χ1v) is 4.92. The van der Waals surface area contributed by atoms with E-state index in [1.807, 2.05) is 24.3 Å². The second kappa shape index (κ2) is 5.44. The van der Waals surface area contributed by atoms with Crippen LogP contribution in [0.2, 0.25) is 0 Å². The second-order valence-corrected chi connectivity index (χ2v) is 3.30. The van der Waals surface area contributed by atoms with Crippen molar-refractivity contribution >= 4 is 23.0 Å². The van der Waals surface area contributed by atoms with Crippen LogP contribution >= 0.6 is 12.2 Å². The largest absolute Gasteiger partial charge is 0.494 e. The van der Waals surface area contributed by atoms with Crippen LogP contribution in [0, 0.1) is 0 Å². The highest BCUT2D eigenvalue weighted by Gasteiger charge is 1.94. The Kier molecular flexibility index (Phi) is 4.19. The summed E-state index contributed by atoms with van der Waals surface area (Å²) in [6, 6.07) is 7.53. The molecular formula is C10H14N2OS. The number of anilines is 1. The average molecular weight is 210 g/mol. The Morgan fingerprint density at radius 1 is 1.43 bits per heavy atom. The minimum atomic E-state index is 0.271. The van der Waals surface area contributed by atoms with Crippen molar-refractivity contribution in [2.45, 2.75) is 13.3 Å². The molecule has 0 radical (unpaired) electrons. The Morgan fingerprint density at radius 2 is 2.07 bits per heavy atom. The molecule has 0 saturated carbocycles. The van der Waals surface area contributed by atoms with Gasteiger partial charge >= 0.3 is 0 Å². The molecule has 4 heteroatoms. The van der Waals surface area contributed by atoms with Crippen LogP contribution in [0.25, 0.3) is 0 Å². The molecule has 0 aliphatic carbocycles. The zero-order chi connectivity index (χ0) is 10.4. The monoisotopic (exact) mass is 210 g/mol. The van der Waals surface area contributed by atoms with E-state index in [1.54, 1.807) is 0 Å². The fourth-order valence-electron chi connectivity index (χ4n) is 0.997. The number of rotatable bonds is 4. The third-order valence-corrected chi connectivity index (χ3v) is 1.70. The maximum Gasteiger partial charge on any atom is 0.168 e. The normalized spacial score (nSPS) is 9.50. The van der Waals surface area contributed by atoms with Crippen molar-refractivity contribution in [2.75, 3.05) is 11.9 Å². The number of hydrogen-bond acceptors (Lipinski definition) is 2. The lowest BCUT2D eigenvalue weighted by Gasteiger charge is -2.06. The third-order valence-electron chi connectivity index (χ3n) is 1.59. The molecule has 14 heavy (non-hydrogen) atoms. The maximum atomic E-state index is 5.42. The maximum absolute atomic E-state index is 5.42. The second-order valence-electron chi connectivity index (χ2n) is 2.86. The summed E-state index contributed by atoms with van der Waals surface area (Å²) < 4.78 is 5.42. The summed E-state index contributed by atoms with van der Waals surface area (Å²) >= 11 is 4.72. The molecule has 76 valence electrons. The molecule has 0 fully saturated rings. The average Bonchev–Trinajstić information content (AvgIpc) is 2.16. The minimum Gasteiger partial charge on any atom is -0.494 e. The van der Waals surface area contributed by atoms with E-state index in [9.17, 15) is 0 Å². The van der Waals surface area contributed by atoms with E-state index in [0.29, 0.717) is 0 Å². The minimum absolute atomic E-state index is 0.271. The highest BCUT2D eigenvalue weighted by atomic mass is 32.1. The molecule has 0 atom stereocenters. The number of thiocarbonyl (C=S) groups is 1. The van der Waals surface area contributed by atoms with Crippen LogP contribution in [-0.4, -0.2) is 11.7 Å². The Bertz CT molecular complexity index is 297. The SMILES string of the molecule is CCCOc1ccc(NC(N)=S)cc1. The first-order valence-electron chi connectivity index (χ1n) is 4.51. The van der Waals surface area contributed by atoms with E-state index in [4.69, 9.17) is 22.7 Å². The molecule has 1 rings (SSSR count). The van der Waals surface area contributed by atoms with Gasteiger partial charge in [-0.25, -0.2) is 0 Å². The van der Waals surface area contributed by atoms with Crippen LogP contribution in [0.4, 0.5) is 5.69 Å². The molecule has 0 aliphatic rings. The van der Waals surface area contributed by atoms with Crippen molar-refractivity contribution in [3.05, 3.63) is 24.3 Å². The highest BCUT2D eigenvalue weighted by Crippen LogP contribution is 2.15. The van der Waals surface area contributed by atoms with Crippen molar-refractivity contribution in [3.63, 3.8) is 0 Å². The Balaban J connectivity index is 2.54. The molecule has 0 amide bonds. The van der Waals surface area contributed by atoms with E-state index in [-0.39, 0.29) is 5.11 Å². The van der Waals surface area contributed by atoms with Gasteiger partial charge in [-0.05, 0) is 42.9 Å². The van der Waals surface area contributed by atoms with Gasteiger partial charge in [0.1, 0.15) is 5.75 Å². The van der Waals surface area contributed by atoms with Gasteiger partial charge in [-0.15, -0.1) is 0 Å². The molecule has 0 bridgehead atoms. The Labute approximate surface area is 89.3 Å². The van der Waals surface area contributed by atoms with E-state index < -0.39 is 0 Å². The van der Waals surface area contributed by atoms with Crippen LogP contribution in [0.15, 0.2) is 24.3 Å². The molecular weight excluding hydrogens is 196 g/mol. The summed E-state index contributed by atoms with van der Waals surface area (Å²) in [7, 11) is 0. The van der Waals surface area contributed by atoms with Gasteiger partial charge in [-0.2, -0.15) is 0 Å². The van der Waals surface area contributed by atoms with Gasteiger partial charge in [0.25, 0.3) is 0 Å². The summed E-state index contributed by atoms with van der Waals surface area (Å²) in [5, 5.41) is 3.11.